The van der Waals surface area contributed by atoms with E-state index < -0.39 is 5.18 Å². The van der Waals surface area contributed by atoms with Gasteiger partial charge in [0.1, 0.15) is 6.54 Å². The van der Waals surface area contributed by atoms with Gasteiger partial charge in [0.2, 0.25) is 0 Å². The molecular formula is C5H7ClN2O. The smallest absolute Gasteiger partial charge is 0.256 e. The number of halogens is 1. The number of hydrogen-bond acceptors (Lipinski definition) is 3. The van der Waals surface area contributed by atoms with Crippen LogP contribution in [-0.4, -0.2) is 31.3 Å². The van der Waals surface area contributed by atoms with E-state index in [0.29, 0.717) is 6.54 Å². The highest BCUT2D eigenvalue weighted by atomic mass is 35.5. The van der Waals surface area contributed by atoms with Crippen molar-refractivity contribution in [1.82, 2.24) is 0 Å². The third kappa shape index (κ3) is 1.50. The number of ether oxygens (including phenoxy) is 1. The summed E-state index contributed by atoms with van der Waals surface area (Å²) in [6.07, 6.45) is 3.12. The van der Waals surface area contributed by atoms with E-state index in [2.05, 4.69) is 9.98 Å². The minimum absolute atomic E-state index is 0.390. The van der Waals surface area contributed by atoms with E-state index >= 15 is 0 Å². The van der Waals surface area contributed by atoms with Gasteiger partial charge in [-0.1, -0.05) is 11.6 Å². The first-order valence-corrected chi connectivity index (χ1v) is 2.92. The molecule has 1 atom stereocenters. The highest BCUT2D eigenvalue weighted by molar-refractivity contribution is 6.26. The topological polar surface area (TPSA) is 34.0 Å². The molecule has 0 saturated carbocycles. The van der Waals surface area contributed by atoms with Crippen LogP contribution in [0.25, 0.3) is 0 Å². The molecule has 1 heterocycles. The third-order valence-electron chi connectivity index (χ3n) is 1.04. The van der Waals surface area contributed by atoms with Crippen LogP contribution in [0.15, 0.2) is 9.98 Å². The number of rotatable bonds is 1. The van der Waals surface area contributed by atoms with Crippen molar-refractivity contribution < 1.29 is 4.74 Å². The summed E-state index contributed by atoms with van der Waals surface area (Å²) in [6, 6.07) is 0. The second-order valence-corrected chi connectivity index (χ2v) is 2.25. The molecule has 1 aliphatic rings. The zero-order valence-electron chi connectivity index (χ0n) is 5.04. The molecule has 0 amide bonds. The number of hydrogen-bond donors (Lipinski definition) is 0. The first-order valence-electron chi connectivity index (χ1n) is 2.54. The van der Waals surface area contributed by atoms with Gasteiger partial charge in [0, 0.05) is 19.5 Å². The molecule has 1 unspecified atom stereocenters. The lowest BCUT2D eigenvalue weighted by Crippen LogP contribution is -2.27. The van der Waals surface area contributed by atoms with E-state index in [1.165, 1.54) is 13.3 Å². The van der Waals surface area contributed by atoms with Crippen LogP contribution in [0, 0.1) is 0 Å². The van der Waals surface area contributed by atoms with Crippen LogP contribution in [0.1, 0.15) is 0 Å². The largest absolute Gasteiger partial charge is 0.343 e. The molecule has 0 bridgehead atoms. The third-order valence-corrected chi connectivity index (χ3v) is 1.41. The van der Waals surface area contributed by atoms with E-state index in [1.54, 1.807) is 6.21 Å². The maximum absolute atomic E-state index is 5.73. The van der Waals surface area contributed by atoms with Crippen LogP contribution >= 0.6 is 11.6 Å². The van der Waals surface area contributed by atoms with E-state index in [4.69, 9.17) is 16.3 Å². The molecule has 0 spiro atoms. The molecule has 0 aromatic carbocycles. The Morgan fingerprint density at radius 2 is 2.44 bits per heavy atom. The van der Waals surface area contributed by atoms with E-state index in [0.717, 1.165) is 0 Å². The van der Waals surface area contributed by atoms with Crippen molar-refractivity contribution in [3.8, 4) is 0 Å². The standard InChI is InChI=1S/C5H7ClN2O/c1-9-5(6)4-7-2-3-8-5/h2-3H,4H2,1H3. The molecule has 0 fully saturated rings. The van der Waals surface area contributed by atoms with Gasteiger partial charge in [-0.05, 0) is 0 Å². The van der Waals surface area contributed by atoms with Crippen molar-refractivity contribution >= 4 is 24.0 Å². The highest BCUT2D eigenvalue weighted by Gasteiger charge is 2.24. The molecule has 0 saturated heterocycles. The van der Waals surface area contributed by atoms with Crippen molar-refractivity contribution in [2.45, 2.75) is 5.18 Å². The molecular weight excluding hydrogens is 140 g/mol. The molecule has 3 nitrogen and oxygen atoms in total. The Hall–Kier alpha value is -0.410. The summed E-state index contributed by atoms with van der Waals surface area (Å²) >= 11 is 5.73. The Bertz CT molecular complexity index is 157. The Kier molecular flexibility index (Phi) is 1.83. The molecule has 1 rings (SSSR count). The fourth-order valence-electron chi connectivity index (χ4n) is 0.515. The van der Waals surface area contributed by atoms with Crippen LogP contribution in [0.2, 0.25) is 0 Å². The zero-order valence-corrected chi connectivity index (χ0v) is 5.80. The summed E-state index contributed by atoms with van der Waals surface area (Å²) in [5, 5.41) is -0.936. The van der Waals surface area contributed by atoms with Crippen LogP contribution in [0.4, 0.5) is 0 Å². The molecule has 1 aliphatic heterocycles. The average molecular weight is 147 g/mol. The minimum Gasteiger partial charge on any atom is -0.343 e. The SMILES string of the molecule is COC1(Cl)CN=CC=N1. The first-order chi connectivity index (χ1) is 4.27. The van der Waals surface area contributed by atoms with Gasteiger partial charge < -0.3 is 4.74 Å². The van der Waals surface area contributed by atoms with E-state index in [-0.39, 0.29) is 0 Å². The highest BCUT2D eigenvalue weighted by Crippen LogP contribution is 2.18. The molecule has 9 heavy (non-hydrogen) atoms. The summed E-state index contributed by atoms with van der Waals surface area (Å²) in [6.45, 7) is 0.390. The van der Waals surface area contributed by atoms with Gasteiger partial charge in [-0.15, -0.1) is 0 Å². The first kappa shape index (κ1) is 6.71. The Morgan fingerprint density at radius 3 is 2.78 bits per heavy atom. The van der Waals surface area contributed by atoms with Crippen molar-refractivity contribution in [3.63, 3.8) is 0 Å². The predicted molar refractivity (Wildman–Crippen MR) is 37.4 cm³/mol. The molecule has 0 aliphatic carbocycles. The lowest BCUT2D eigenvalue weighted by atomic mass is 10.5. The lowest BCUT2D eigenvalue weighted by molar-refractivity contribution is 0.0794. The normalized spacial score (nSPS) is 33.1. The van der Waals surface area contributed by atoms with Crippen LogP contribution < -0.4 is 0 Å². The van der Waals surface area contributed by atoms with Gasteiger partial charge in [0.05, 0.1) is 0 Å². The summed E-state index contributed by atoms with van der Waals surface area (Å²) < 4.78 is 4.83. The Morgan fingerprint density at radius 1 is 1.67 bits per heavy atom. The molecule has 0 radical (unpaired) electrons. The number of alkyl halides is 1. The van der Waals surface area contributed by atoms with Crippen LogP contribution in [-0.2, 0) is 4.74 Å². The molecule has 0 N–H and O–H groups in total. The Labute approximate surface area is 58.4 Å². The van der Waals surface area contributed by atoms with Crippen molar-refractivity contribution in [2.24, 2.45) is 9.98 Å². The molecule has 50 valence electrons. The van der Waals surface area contributed by atoms with Crippen LogP contribution in [0.3, 0.4) is 0 Å². The van der Waals surface area contributed by atoms with Crippen molar-refractivity contribution in [3.05, 3.63) is 0 Å². The van der Waals surface area contributed by atoms with Gasteiger partial charge in [-0.3, -0.25) is 4.99 Å². The van der Waals surface area contributed by atoms with Gasteiger partial charge >= 0.3 is 0 Å². The zero-order chi connectivity index (χ0) is 6.74. The maximum Gasteiger partial charge on any atom is 0.256 e. The molecule has 4 heteroatoms. The molecule has 0 aromatic heterocycles. The summed E-state index contributed by atoms with van der Waals surface area (Å²) in [4.78, 5) is 7.72. The lowest BCUT2D eigenvalue weighted by Gasteiger charge is -2.19. The van der Waals surface area contributed by atoms with E-state index in [1.807, 2.05) is 0 Å². The van der Waals surface area contributed by atoms with Crippen LogP contribution in [0.5, 0.6) is 0 Å². The van der Waals surface area contributed by atoms with Gasteiger partial charge in [0.25, 0.3) is 5.18 Å². The van der Waals surface area contributed by atoms with Gasteiger partial charge in [-0.2, -0.15) is 0 Å². The van der Waals surface area contributed by atoms with E-state index in [9.17, 15) is 0 Å². The maximum atomic E-state index is 5.73. The summed E-state index contributed by atoms with van der Waals surface area (Å²) in [7, 11) is 1.51. The number of methoxy groups -OCH3 is 1. The summed E-state index contributed by atoms with van der Waals surface area (Å²) in [5.41, 5.74) is 0. The van der Waals surface area contributed by atoms with Gasteiger partial charge in [0.15, 0.2) is 0 Å². The summed E-state index contributed by atoms with van der Waals surface area (Å²) in [5.74, 6) is 0. The number of nitrogens with zero attached hydrogens (tertiary/aromatic N) is 2. The second-order valence-electron chi connectivity index (χ2n) is 1.66. The van der Waals surface area contributed by atoms with Gasteiger partial charge in [-0.25, -0.2) is 4.99 Å². The fourth-order valence-corrected chi connectivity index (χ4v) is 0.641. The number of aliphatic imine (C=N–C) groups is 2. The predicted octanol–water partition coefficient (Wildman–Crippen LogP) is 0.681. The van der Waals surface area contributed by atoms with Crippen molar-refractivity contribution in [1.29, 1.82) is 0 Å². The fraction of sp³-hybridized carbons (Fsp3) is 0.600. The monoisotopic (exact) mass is 146 g/mol. The minimum atomic E-state index is -0.936. The Balaban J connectivity index is 2.63. The quantitative estimate of drug-likeness (QED) is 0.396. The van der Waals surface area contributed by atoms with Crippen molar-refractivity contribution in [2.75, 3.05) is 13.7 Å². The average Bonchev–Trinajstić information content (AvgIpc) is 1.90. The molecule has 0 aromatic rings. The second kappa shape index (κ2) is 2.45.